The molecule has 0 aliphatic heterocycles. The van der Waals surface area contributed by atoms with Gasteiger partial charge in [0, 0.05) is 19.6 Å². The van der Waals surface area contributed by atoms with E-state index in [1.807, 2.05) is 24.3 Å². The van der Waals surface area contributed by atoms with Crippen molar-refractivity contribution in [3.05, 3.63) is 29.8 Å². The fourth-order valence-corrected chi connectivity index (χ4v) is 1.89. The number of aryl methyl sites for hydroxylation is 1. The number of hydrogen-bond acceptors (Lipinski definition) is 3. The van der Waals surface area contributed by atoms with Crippen molar-refractivity contribution in [1.29, 1.82) is 0 Å². The van der Waals surface area contributed by atoms with Crippen molar-refractivity contribution in [2.45, 2.75) is 32.1 Å². The van der Waals surface area contributed by atoms with Crippen molar-refractivity contribution >= 4 is 5.91 Å². The van der Waals surface area contributed by atoms with Gasteiger partial charge in [0.15, 0.2) is 0 Å². The summed E-state index contributed by atoms with van der Waals surface area (Å²) in [6.45, 7) is 0.909. The number of para-hydroxylation sites is 1. The van der Waals surface area contributed by atoms with Gasteiger partial charge in [-0.25, -0.2) is 0 Å². The molecule has 1 aromatic carbocycles. The Balaban J connectivity index is 2.22. The highest BCUT2D eigenvalue weighted by atomic mass is 16.5. The Morgan fingerprint density at radius 2 is 2.05 bits per heavy atom. The zero-order chi connectivity index (χ0) is 13.9. The minimum absolute atomic E-state index is 0.0647. The van der Waals surface area contributed by atoms with Crippen LogP contribution >= 0.6 is 0 Å². The fourth-order valence-electron chi connectivity index (χ4n) is 1.89. The van der Waals surface area contributed by atoms with E-state index >= 15 is 0 Å². The Hall–Kier alpha value is -1.55. The number of hydrogen-bond donors (Lipinski definition) is 2. The summed E-state index contributed by atoms with van der Waals surface area (Å²) in [6.07, 6.45) is 3.83. The van der Waals surface area contributed by atoms with E-state index in [1.165, 1.54) is 0 Å². The molecule has 19 heavy (non-hydrogen) atoms. The first-order chi connectivity index (χ1) is 9.27. The van der Waals surface area contributed by atoms with Crippen molar-refractivity contribution in [3.63, 3.8) is 0 Å². The molecule has 0 aliphatic rings. The van der Waals surface area contributed by atoms with Gasteiger partial charge in [-0.1, -0.05) is 18.2 Å². The van der Waals surface area contributed by atoms with E-state index in [2.05, 4.69) is 5.32 Å². The van der Waals surface area contributed by atoms with Crippen molar-refractivity contribution in [3.8, 4) is 5.75 Å². The van der Waals surface area contributed by atoms with Gasteiger partial charge in [0.1, 0.15) is 5.75 Å². The number of nitrogens with one attached hydrogen (secondary N) is 1. The molecular formula is C15H23NO3. The third kappa shape index (κ3) is 6.25. The minimum atomic E-state index is 0.0647. The van der Waals surface area contributed by atoms with E-state index in [1.54, 1.807) is 7.11 Å². The predicted octanol–water partition coefficient (Wildman–Crippen LogP) is 1.91. The van der Waals surface area contributed by atoms with Gasteiger partial charge in [0.25, 0.3) is 0 Å². The van der Waals surface area contributed by atoms with Gasteiger partial charge in [-0.05, 0) is 37.3 Å². The fraction of sp³-hybridized carbons (Fsp3) is 0.533. The second kappa shape index (κ2) is 9.39. The Morgan fingerprint density at radius 1 is 1.26 bits per heavy atom. The monoisotopic (exact) mass is 265 g/mol. The van der Waals surface area contributed by atoms with Crippen LogP contribution in [0.25, 0.3) is 0 Å². The molecule has 0 atom stereocenters. The van der Waals surface area contributed by atoms with Crippen LogP contribution in [0, 0.1) is 0 Å². The lowest BCUT2D eigenvalue weighted by atomic mass is 10.1. The van der Waals surface area contributed by atoms with Crippen LogP contribution in [0.2, 0.25) is 0 Å². The molecule has 1 aromatic rings. The second-order valence-corrected chi connectivity index (χ2v) is 4.45. The quantitative estimate of drug-likeness (QED) is 0.671. The minimum Gasteiger partial charge on any atom is -0.496 e. The van der Waals surface area contributed by atoms with Gasteiger partial charge in [-0.15, -0.1) is 0 Å². The maximum atomic E-state index is 11.6. The molecule has 0 bridgehead atoms. The van der Waals surface area contributed by atoms with Crippen LogP contribution in [-0.4, -0.2) is 31.3 Å². The summed E-state index contributed by atoms with van der Waals surface area (Å²) in [7, 11) is 1.64. The predicted molar refractivity (Wildman–Crippen MR) is 75.3 cm³/mol. The van der Waals surface area contributed by atoms with Crippen molar-refractivity contribution in [1.82, 2.24) is 5.32 Å². The number of ether oxygens (including phenoxy) is 1. The summed E-state index contributed by atoms with van der Waals surface area (Å²) in [5.74, 6) is 0.896. The van der Waals surface area contributed by atoms with E-state index in [9.17, 15) is 4.79 Å². The summed E-state index contributed by atoms with van der Waals surface area (Å²) >= 11 is 0. The Labute approximate surface area is 114 Å². The SMILES string of the molecule is COc1ccccc1CCC(=O)NCCCCCO. The molecule has 2 N–H and O–H groups in total. The van der Waals surface area contributed by atoms with Crippen LogP contribution in [-0.2, 0) is 11.2 Å². The lowest BCUT2D eigenvalue weighted by molar-refractivity contribution is -0.121. The van der Waals surface area contributed by atoms with E-state index in [0.29, 0.717) is 19.4 Å². The number of amides is 1. The highest BCUT2D eigenvalue weighted by molar-refractivity contribution is 5.76. The van der Waals surface area contributed by atoms with Crippen LogP contribution in [0.5, 0.6) is 5.75 Å². The molecule has 0 radical (unpaired) electrons. The molecule has 0 unspecified atom stereocenters. The van der Waals surface area contributed by atoms with Crippen LogP contribution in [0.4, 0.5) is 0 Å². The molecule has 0 saturated carbocycles. The summed E-state index contributed by atoms with van der Waals surface area (Å²) in [6, 6.07) is 7.75. The largest absolute Gasteiger partial charge is 0.496 e. The molecule has 4 nitrogen and oxygen atoms in total. The molecule has 0 fully saturated rings. The van der Waals surface area contributed by atoms with Crippen molar-refractivity contribution in [2.24, 2.45) is 0 Å². The summed E-state index contributed by atoms with van der Waals surface area (Å²) in [4.78, 5) is 11.6. The number of aliphatic hydroxyl groups excluding tert-OH is 1. The average molecular weight is 265 g/mol. The van der Waals surface area contributed by atoms with Gasteiger partial charge >= 0.3 is 0 Å². The number of methoxy groups -OCH3 is 1. The molecule has 4 heteroatoms. The molecule has 0 saturated heterocycles. The van der Waals surface area contributed by atoms with E-state index in [-0.39, 0.29) is 12.5 Å². The Morgan fingerprint density at radius 3 is 2.79 bits per heavy atom. The highest BCUT2D eigenvalue weighted by Gasteiger charge is 2.05. The third-order valence-corrected chi connectivity index (χ3v) is 2.97. The molecule has 0 heterocycles. The number of rotatable bonds is 9. The lowest BCUT2D eigenvalue weighted by Crippen LogP contribution is -2.24. The molecule has 106 valence electrons. The number of carbonyl (C=O) groups excluding carboxylic acids is 1. The first-order valence-corrected chi connectivity index (χ1v) is 6.77. The number of aliphatic hydroxyl groups is 1. The molecule has 0 spiro atoms. The van der Waals surface area contributed by atoms with E-state index in [4.69, 9.17) is 9.84 Å². The van der Waals surface area contributed by atoms with Gasteiger partial charge in [0.2, 0.25) is 5.91 Å². The molecule has 0 aromatic heterocycles. The third-order valence-electron chi connectivity index (χ3n) is 2.97. The Kier molecular flexibility index (Phi) is 7.66. The average Bonchev–Trinajstić information content (AvgIpc) is 2.45. The first-order valence-electron chi connectivity index (χ1n) is 6.77. The van der Waals surface area contributed by atoms with Gasteiger partial charge in [-0.2, -0.15) is 0 Å². The number of unbranched alkanes of at least 4 members (excludes halogenated alkanes) is 2. The summed E-state index contributed by atoms with van der Waals surface area (Å²) in [5, 5.41) is 11.5. The van der Waals surface area contributed by atoms with Gasteiger partial charge in [0.05, 0.1) is 7.11 Å². The summed E-state index contributed by atoms with van der Waals surface area (Å²) in [5.41, 5.74) is 1.06. The summed E-state index contributed by atoms with van der Waals surface area (Å²) < 4.78 is 5.25. The van der Waals surface area contributed by atoms with Gasteiger partial charge < -0.3 is 15.2 Å². The van der Waals surface area contributed by atoms with Crippen LogP contribution in [0.15, 0.2) is 24.3 Å². The molecule has 1 rings (SSSR count). The number of carbonyl (C=O) groups is 1. The zero-order valence-corrected chi connectivity index (χ0v) is 11.5. The van der Waals surface area contributed by atoms with Crippen LogP contribution in [0.1, 0.15) is 31.2 Å². The highest BCUT2D eigenvalue weighted by Crippen LogP contribution is 2.18. The first kappa shape index (κ1) is 15.5. The smallest absolute Gasteiger partial charge is 0.220 e. The number of benzene rings is 1. The van der Waals surface area contributed by atoms with E-state index < -0.39 is 0 Å². The Bertz CT molecular complexity index is 379. The van der Waals surface area contributed by atoms with Gasteiger partial charge in [-0.3, -0.25) is 4.79 Å². The van der Waals surface area contributed by atoms with Crippen LogP contribution in [0.3, 0.4) is 0 Å². The molecular weight excluding hydrogens is 242 g/mol. The van der Waals surface area contributed by atoms with Crippen LogP contribution < -0.4 is 10.1 Å². The standard InChI is InChI=1S/C15H23NO3/c1-19-14-8-4-3-7-13(14)9-10-15(18)16-11-5-2-6-12-17/h3-4,7-8,17H,2,5-6,9-12H2,1H3,(H,16,18). The maximum absolute atomic E-state index is 11.6. The van der Waals surface area contributed by atoms with Crippen molar-refractivity contribution in [2.75, 3.05) is 20.3 Å². The lowest BCUT2D eigenvalue weighted by Gasteiger charge is -2.08. The normalized spacial score (nSPS) is 10.2. The van der Waals surface area contributed by atoms with Crippen molar-refractivity contribution < 1.29 is 14.6 Å². The molecule has 0 aliphatic carbocycles. The second-order valence-electron chi connectivity index (χ2n) is 4.45. The molecule has 1 amide bonds. The maximum Gasteiger partial charge on any atom is 0.220 e. The topological polar surface area (TPSA) is 58.6 Å². The van der Waals surface area contributed by atoms with E-state index in [0.717, 1.165) is 30.6 Å². The zero-order valence-electron chi connectivity index (χ0n) is 11.5.